The number of ether oxygens (including phenoxy) is 3. The molecule has 2 atom stereocenters. The summed E-state index contributed by atoms with van der Waals surface area (Å²) in [5.74, 6) is 0.656. The number of rotatable bonds is 7. The molecular formula is C15H20O5. The van der Waals surface area contributed by atoms with Crippen molar-refractivity contribution in [2.45, 2.75) is 38.4 Å². The Kier molecular flexibility index (Phi) is 5.24. The van der Waals surface area contributed by atoms with Gasteiger partial charge in [-0.05, 0) is 43.5 Å². The van der Waals surface area contributed by atoms with Crippen molar-refractivity contribution in [1.82, 2.24) is 0 Å². The molecule has 1 fully saturated rings. The minimum Gasteiger partial charge on any atom is -0.494 e. The maximum absolute atomic E-state index is 10.8. The standard InChI is InChI=1S/C15H20O5/c1-2-9-18-11-3-5-12(6-4-11)19-10-13-7-8-14(20-13)15(16)17/h3-6,13-14H,2,7-10H2,1H3,(H,16,17). The number of aliphatic carboxylic acids is 1. The van der Waals surface area contributed by atoms with Crippen LogP contribution in [-0.2, 0) is 9.53 Å². The van der Waals surface area contributed by atoms with Gasteiger partial charge >= 0.3 is 5.97 Å². The molecule has 1 N–H and O–H groups in total. The SMILES string of the molecule is CCCOc1ccc(OCC2CCC(C(=O)O)O2)cc1. The Morgan fingerprint density at radius 3 is 2.45 bits per heavy atom. The molecule has 1 aromatic carbocycles. The van der Waals surface area contributed by atoms with Crippen molar-refractivity contribution in [3.05, 3.63) is 24.3 Å². The smallest absolute Gasteiger partial charge is 0.332 e. The van der Waals surface area contributed by atoms with Crippen LogP contribution in [0.4, 0.5) is 0 Å². The number of carbonyl (C=O) groups is 1. The van der Waals surface area contributed by atoms with Crippen molar-refractivity contribution in [2.75, 3.05) is 13.2 Å². The number of carboxylic acids is 1. The molecule has 0 radical (unpaired) electrons. The molecule has 0 aromatic heterocycles. The number of hydrogen-bond acceptors (Lipinski definition) is 4. The van der Waals surface area contributed by atoms with Crippen molar-refractivity contribution < 1.29 is 24.1 Å². The summed E-state index contributed by atoms with van der Waals surface area (Å²) in [6.45, 7) is 3.13. The van der Waals surface area contributed by atoms with Crippen LogP contribution in [0, 0.1) is 0 Å². The first-order chi connectivity index (χ1) is 9.69. The fraction of sp³-hybridized carbons (Fsp3) is 0.533. The molecule has 1 saturated heterocycles. The first-order valence-corrected chi connectivity index (χ1v) is 6.93. The fourth-order valence-electron chi connectivity index (χ4n) is 2.05. The van der Waals surface area contributed by atoms with Gasteiger partial charge in [-0.2, -0.15) is 0 Å². The predicted molar refractivity (Wildman–Crippen MR) is 73.3 cm³/mol. The van der Waals surface area contributed by atoms with Crippen LogP contribution >= 0.6 is 0 Å². The van der Waals surface area contributed by atoms with E-state index in [2.05, 4.69) is 6.92 Å². The third-order valence-electron chi connectivity index (χ3n) is 3.12. The Hall–Kier alpha value is -1.75. The Balaban J connectivity index is 1.75. The second-order valence-electron chi connectivity index (χ2n) is 4.79. The highest BCUT2D eigenvalue weighted by Crippen LogP contribution is 2.22. The summed E-state index contributed by atoms with van der Waals surface area (Å²) in [5, 5.41) is 8.84. The first-order valence-electron chi connectivity index (χ1n) is 6.93. The summed E-state index contributed by atoms with van der Waals surface area (Å²) < 4.78 is 16.5. The molecule has 1 aliphatic heterocycles. The molecule has 0 amide bonds. The van der Waals surface area contributed by atoms with E-state index in [0.717, 1.165) is 17.9 Å². The molecule has 0 spiro atoms. The quantitative estimate of drug-likeness (QED) is 0.831. The van der Waals surface area contributed by atoms with Gasteiger partial charge in [0.15, 0.2) is 6.10 Å². The van der Waals surface area contributed by atoms with Crippen molar-refractivity contribution in [3.8, 4) is 11.5 Å². The zero-order valence-corrected chi connectivity index (χ0v) is 11.6. The van der Waals surface area contributed by atoms with Gasteiger partial charge in [-0.15, -0.1) is 0 Å². The minimum atomic E-state index is -0.898. The van der Waals surface area contributed by atoms with E-state index in [1.165, 1.54) is 0 Å². The molecule has 0 saturated carbocycles. The zero-order chi connectivity index (χ0) is 14.4. The second kappa shape index (κ2) is 7.14. The van der Waals surface area contributed by atoms with E-state index in [9.17, 15) is 4.79 Å². The number of hydrogen-bond donors (Lipinski definition) is 1. The van der Waals surface area contributed by atoms with E-state index in [0.29, 0.717) is 26.1 Å². The lowest BCUT2D eigenvalue weighted by atomic mass is 10.2. The molecule has 20 heavy (non-hydrogen) atoms. The largest absolute Gasteiger partial charge is 0.494 e. The number of carboxylic acid groups (broad SMARTS) is 1. The lowest BCUT2D eigenvalue weighted by Crippen LogP contribution is -2.23. The van der Waals surface area contributed by atoms with Gasteiger partial charge in [-0.3, -0.25) is 0 Å². The van der Waals surface area contributed by atoms with Crippen LogP contribution in [0.25, 0.3) is 0 Å². The van der Waals surface area contributed by atoms with E-state index in [1.807, 2.05) is 24.3 Å². The average Bonchev–Trinajstić information content (AvgIpc) is 2.93. The van der Waals surface area contributed by atoms with Crippen LogP contribution in [0.5, 0.6) is 11.5 Å². The maximum Gasteiger partial charge on any atom is 0.332 e. The fourth-order valence-corrected chi connectivity index (χ4v) is 2.05. The van der Waals surface area contributed by atoms with E-state index in [1.54, 1.807) is 0 Å². The van der Waals surface area contributed by atoms with Crippen molar-refractivity contribution in [2.24, 2.45) is 0 Å². The highest BCUT2D eigenvalue weighted by molar-refractivity contribution is 5.72. The average molecular weight is 280 g/mol. The van der Waals surface area contributed by atoms with Crippen LogP contribution in [0.3, 0.4) is 0 Å². The molecule has 1 heterocycles. The predicted octanol–water partition coefficient (Wildman–Crippen LogP) is 2.49. The molecular weight excluding hydrogens is 260 g/mol. The molecule has 2 unspecified atom stereocenters. The lowest BCUT2D eigenvalue weighted by molar-refractivity contribution is -0.149. The van der Waals surface area contributed by atoms with Crippen molar-refractivity contribution in [3.63, 3.8) is 0 Å². The van der Waals surface area contributed by atoms with Gasteiger partial charge < -0.3 is 19.3 Å². The summed E-state index contributed by atoms with van der Waals surface area (Å²) >= 11 is 0. The normalized spacial score (nSPS) is 21.6. The van der Waals surface area contributed by atoms with Crippen LogP contribution in [0.15, 0.2) is 24.3 Å². The van der Waals surface area contributed by atoms with Gasteiger partial charge in [0.25, 0.3) is 0 Å². The molecule has 1 aromatic rings. The third-order valence-corrected chi connectivity index (χ3v) is 3.12. The van der Waals surface area contributed by atoms with Gasteiger partial charge in [-0.1, -0.05) is 6.92 Å². The first kappa shape index (κ1) is 14.7. The van der Waals surface area contributed by atoms with Crippen molar-refractivity contribution in [1.29, 1.82) is 0 Å². The molecule has 1 aliphatic rings. The summed E-state index contributed by atoms with van der Waals surface area (Å²) in [7, 11) is 0. The van der Waals surface area contributed by atoms with Crippen LogP contribution < -0.4 is 9.47 Å². The molecule has 5 nitrogen and oxygen atoms in total. The third kappa shape index (κ3) is 4.13. The van der Waals surface area contributed by atoms with E-state index in [4.69, 9.17) is 19.3 Å². The molecule has 0 bridgehead atoms. The molecule has 0 aliphatic carbocycles. The van der Waals surface area contributed by atoms with E-state index < -0.39 is 12.1 Å². The van der Waals surface area contributed by atoms with Crippen LogP contribution in [0.1, 0.15) is 26.2 Å². The van der Waals surface area contributed by atoms with Crippen LogP contribution in [0.2, 0.25) is 0 Å². The second-order valence-corrected chi connectivity index (χ2v) is 4.79. The Morgan fingerprint density at radius 2 is 1.90 bits per heavy atom. The van der Waals surface area contributed by atoms with Crippen LogP contribution in [-0.4, -0.2) is 36.5 Å². The lowest BCUT2D eigenvalue weighted by Gasteiger charge is -2.13. The van der Waals surface area contributed by atoms with Gasteiger partial charge in [0.2, 0.25) is 0 Å². The Labute approximate surface area is 118 Å². The van der Waals surface area contributed by atoms with E-state index in [-0.39, 0.29) is 6.10 Å². The maximum atomic E-state index is 10.8. The highest BCUT2D eigenvalue weighted by Gasteiger charge is 2.30. The molecule has 2 rings (SSSR count). The Morgan fingerprint density at radius 1 is 1.25 bits per heavy atom. The highest BCUT2D eigenvalue weighted by atomic mass is 16.6. The topological polar surface area (TPSA) is 65.0 Å². The van der Waals surface area contributed by atoms with Crippen molar-refractivity contribution >= 4 is 5.97 Å². The van der Waals surface area contributed by atoms with Gasteiger partial charge in [0.05, 0.1) is 12.7 Å². The summed E-state index contributed by atoms with van der Waals surface area (Å²) in [5.41, 5.74) is 0. The molecule has 5 heteroatoms. The Bertz CT molecular complexity index is 428. The monoisotopic (exact) mass is 280 g/mol. The summed E-state index contributed by atoms with van der Waals surface area (Å²) in [6, 6.07) is 7.41. The van der Waals surface area contributed by atoms with Gasteiger partial charge in [-0.25, -0.2) is 4.79 Å². The van der Waals surface area contributed by atoms with Gasteiger partial charge in [0, 0.05) is 0 Å². The zero-order valence-electron chi connectivity index (χ0n) is 11.6. The van der Waals surface area contributed by atoms with E-state index >= 15 is 0 Å². The summed E-state index contributed by atoms with van der Waals surface area (Å²) in [6.07, 6.45) is 1.41. The summed E-state index contributed by atoms with van der Waals surface area (Å²) in [4.78, 5) is 10.8. The number of benzene rings is 1. The minimum absolute atomic E-state index is 0.146. The molecule has 110 valence electrons. The van der Waals surface area contributed by atoms with Gasteiger partial charge in [0.1, 0.15) is 18.1 Å².